The Hall–Kier alpha value is -3.30. The average molecular weight is 754 g/mol. The zero-order chi connectivity index (χ0) is 118. The summed E-state index contributed by atoms with van der Waals surface area (Å²) in [7, 11) is 0. The van der Waals surface area contributed by atoms with Gasteiger partial charge in [0.25, 0.3) is 0 Å². The molecule has 2 heterocycles. The molecule has 1 unspecified atom stereocenters. The number of aliphatic hydroxyl groups excluding tert-OH is 1. The van der Waals surface area contributed by atoms with Crippen LogP contribution in [0.3, 0.4) is 0 Å². The summed E-state index contributed by atoms with van der Waals surface area (Å²) in [6, 6.07) is 10.0. The lowest BCUT2D eigenvalue weighted by molar-refractivity contribution is 0.0651. The highest BCUT2D eigenvalue weighted by Crippen LogP contribution is 2.52. The first-order valence-corrected chi connectivity index (χ1v) is 12.7. The lowest BCUT2D eigenvalue weighted by Gasteiger charge is -2.48. The molecule has 0 bridgehead atoms. The molecule has 0 saturated heterocycles. The van der Waals surface area contributed by atoms with E-state index in [0.717, 1.165) is 40.6 Å². The van der Waals surface area contributed by atoms with Crippen LogP contribution in [-0.4, -0.2) is 32.8 Å². The summed E-state index contributed by atoms with van der Waals surface area (Å²) < 4.78 is 476. The topological polar surface area (TPSA) is 72.5 Å². The van der Waals surface area contributed by atoms with Crippen LogP contribution in [0, 0.1) is 24.3 Å². The molecule has 274 valence electrons. The van der Waals surface area contributed by atoms with Crippen LogP contribution in [0.4, 0.5) is 0 Å². The van der Waals surface area contributed by atoms with Gasteiger partial charge in [-0.2, -0.15) is 4.98 Å². The fourth-order valence-electron chi connectivity index (χ4n) is 6.26. The van der Waals surface area contributed by atoms with Gasteiger partial charge in [0.1, 0.15) is 0 Å². The third-order valence-corrected chi connectivity index (χ3v) is 8.54. The predicted octanol–water partition coefficient (Wildman–Crippen LogP) is 17.3. The Morgan fingerprint density at radius 2 is 2.06 bits per heavy atom. The number of hydrogen-bond donors (Lipinski definition) is 1. The van der Waals surface area contributed by atoms with Gasteiger partial charge >= 0.3 is 0 Å². The first kappa shape index (κ1) is 4.26. The molecule has 3 aliphatic rings. The number of pyridine rings is 1. The maximum atomic E-state index is 10.8. The van der Waals surface area contributed by atoms with E-state index in [1.54, 1.807) is 6.20 Å². The van der Waals surface area contributed by atoms with Gasteiger partial charge in [0.2, 0.25) is 5.88 Å². The van der Waals surface area contributed by atoms with Crippen molar-refractivity contribution < 1.29 is 151 Å². The predicted molar refractivity (Wildman–Crippen MR) is 236 cm³/mol. The maximum Gasteiger partial charge on any atom is 0.220 e. The largest absolute Gasteiger partial charge is 0.477 e. The molecule has 2 aromatic heterocycles. The highest BCUT2D eigenvalue weighted by atomic mass is 16.5. The number of hydrogen-bond acceptors (Lipinski definition) is 5. The first-order valence-electron chi connectivity index (χ1n) is 59.7. The Balaban J connectivity index is -0.0000000167. The molecule has 0 amide bonds. The van der Waals surface area contributed by atoms with E-state index in [0.29, 0.717) is 29.9 Å². The summed E-state index contributed by atoms with van der Waals surface area (Å²) in [4.78, 5) is 18.4. The Kier molecular flexibility index (Phi) is 1.03. The molecule has 4 atom stereocenters. The van der Waals surface area contributed by atoms with Gasteiger partial charge in [0.15, 0.2) is 11.5 Å². The summed E-state index contributed by atoms with van der Waals surface area (Å²) in [5.74, 6) is 2.06. The molecule has 1 aromatic carbocycles. The number of fused-ring (bicyclic) bond motifs is 4. The SMILES string of the molecule is [3HH].[3H][3H].[3H][3H].[3H][3H].[3H][3H].[3H][3H].[3H][3H].[3H][3H].[3H][3H].[3H][3H].[3H][3H].[3H][3H].[3H][3H].[3H][3H].[3H][3H].[3H][3H].[3H][3H].[3H][3H].[3H][3H].[3H][3H].[3H][3H].[3H][3H].[3H][3H].[3H][3H].[3H][3H].[3H][3H].[3H][3H].[3H][3H].[3H][3H].[3H][3H].[3H][3H].[3H][3H].[3H][3H].[3H][3H].[3H][3H].[3H][3H].[3H][3H].[3H][3H].[3H][3H].[3H][3H].[3H][3H].[3H][3H].[3H][3H].[3H][3H].[3H][3H].[3H][3H].[3H][3H].[3H][3H].[C-]#[N+]C1=C[C@@]2(C)c3nc(-c4ccnc5ccccc45)nc(OCC4CCC4)c3CC[C@@H]2[C@@H](C)C1O. The van der Waals surface area contributed by atoms with Gasteiger partial charge < -0.3 is 9.84 Å². The van der Waals surface area contributed by atoms with E-state index in [-0.39, 0.29) is 13.3 Å². The third-order valence-electron chi connectivity index (χ3n) is 8.54. The van der Waals surface area contributed by atoms with Crippen LogP contribution in [0.5, 0.6) is 5.88 Å². The summed E-state index contributed by atoms with van der Waals surface area (Å²) >= 11 is 0. The van der Waals surface area contributed by atoms with Gasteiger partial charge in [-0.1, -0.05) is 44.5 Å². The number of allylic oxidation sites excluding steroid dienone is 1. The molecule has 0 spiro atoms. The maximum absolute atomic E-state index is 10.8. The van der Waals surface area contributed by atoms with E-state index in [4.69, 9.17) is 161 Å². The van der Waals surface area contributed by atoms with E-state index in [1.807, 2.05) is 30.3 Å². The van der Waals surface area contributed by atoms with Gasteiger partial charge in [0.05, 0.1) is 30.5 Å². The molecule has 6 nitrogen and oxygen atoms in total. The summed E-state index contributed by atoms with van der Waals surface area (Å²) in [5.41, 5.74) is 3.75. The van der Waals surface area contributed by atoms with Crippen LogP contribution in [0.15, 0.2) is 48.3 Å². The van der Waals surface area contributed by atoms with E-state index >= 15 is 0 Å². The number of rotatable bonds is 4. The molecule has 6 rings (SSSR count). The summed E-state index contributed by atoms with van der Waals surface area (Å²) in [6.45, 7) is 12.6. The van der Waals surface area contributed by atoms with E-state index in [9.17, 15) is 5.11 Å². The van der Waals surface area contributed by atoms with Crippen molar-refractivity contribution >= 4 is 10.9 Å². The number of ether oxygens (including phenoxy) is 1. The molecule has 1 N–H and O–H groups in total. The quantitative estimate of drug-likeness (QED) is 0.269. The molecular weight excluding hydrogens is 436 g/mol. The van der Waals surface area contributed by atoms with Crippen molar-refractivity contribution in [2.75, 3.05) is 6.61 Å². The number of aromatic nitrogens is 3. The number of nitrogens with zero attached hydrogens (tertiary/aromatic N) is 4. The second-order valence-corrected chi connectivity index (χ2v) is 10.6. The van der Waals surface area contributed by atoms with Gasteiger partial charge in [-0.05, 0) is 55.6 Å². The summed E-state index contributed by atoms with van der Waals surface area (Å²) in [5, 5.41) is 11.8. The Bertz CT molecular complexity index is 1480. The van der Waals surface area contributed by atoms with Crippen LogP contribution in [0.2, 0.25) is 0 Å². The van der Waals surface area contributed by atoms with Crippen molar-refractivity contribution in [2.45, 2.75) is 57.5 Å². The molecular formula is C29H126N4O2. The molecule has 0 aliphatic heterocycles. The molecule has 0 radical (unpaired) electrons. The monoisotopic (exact) mass is 754 g/mol. The van der Waals surface area contributed by atoms with Gasteiger partial charge in [-0.25, -0.2) is 9.83 Å². The standard InChI is InChI=1S/C29H30N4O2.48H2/c1-17-22-12-11-21-26(29(22,2)15-24(30-3)25(17)34)32-27(33-28(21)35-16-18-7-6-8-18)20-13-14-31-23-10-5-4-9-19(20)23;;;;;;;;;;;;;;;;;;;;;;;;;;;;;;;;;;;;;;;;;;;;;;;;/h4-5,9-10,13-15,17-18,22,25,34H,6-8,11-12,16H2,1-2H3;48*1H/t17-,22-,25?,29-;;;;;;;;;;;;;;;;;;;;;;;;;;;;;;;;;;;;;;;;;;;;;;;;/m1................................................/s1/i;47*1+2T;1+2. The Morgan fingerprint density at radius 1 is 1.23 bits per heavy atom. The molecule has 1 fully saturated rings. The molecule has 35 heavy (non-hydrogen) atoms. The molecule has 3 aromatic rings. The Morgan fingerprint density at radius 3 is 2.83 bits per heavy atom. The molecule has 3 aliphatic carbocycles. The van der Waals surface area contributed by atoms with Crippen molar-refractivity contribution in [3.63, 3.8) is 0 Å². The van der Waals surface area contributed by atoms with Crippen molar-refractivity contribution in [1.82, 2.24) is 15.0 Å². The average Bonchev–Trinajstić information content (AvgIpc) is 0.723. The first-order chi connectivity index (χ1) is 64.0. The van der Waals surface area contributed by atoms with Crippen LogP contribution < -0.4 is 4.74 Å². The van der Waals surface area contributed by atoms with E-state index in [1.165, 1.54) is 19.3 Å². The summed E-state index contributed by atoms with van der Waals surface area (Å²) in [6.07, 6.45) is 8.44. The second kappa shape index (κ2) is 8.42. The number of para-hydroxylation sites is 1. The van der Waals surface area contributed by atoms with E-state index < -0.39 is 11.5 Å². The van der Waals surface area contributed by atoms with Crippen molar-refractivity contribution in [3.05, 3.63) is 71.0 Å². The van der Waals surface area contributed by atoms with E-state index in [2.05, 4.69) is 29.7 Å². The van der Waals surface area contributed by atoms with Crippen LogP contribution in [0.25, 0.3) is 27.1 Å². The van der Waals surface area contributed by atoms with Crippen molar-refractivity contribution in [2.24, 2.45) is 17.8 Å². The van der Waals surface area contributed by atoms with Gasteiger partial charge in [0, 0.05) is 169 Å². The fraction of sp³-hybridized carbons (Fsp3) is 0.448. The zero-order valence-corrected chi connectivity index (χ0v) is 20.2. The fourth-order valence-corrected chi connectivity index (χ4v) is 6.26. The third kappa shape index (κ3) is 3.52. The second-order valence-electron chi connectivity index (χ2n) is 10.6. The minimum Gasteiger partial charge on any atom is -0.477 e. The van der Waals surface area contributed by atoms with Crippen LogP contribution in [-0.2, 0) is 11.8 Å². The lowest BCUT2D eigenvalue weighted by atomic mass is 9.58. The van der Waals surface area contributed by atoms with Crippen molar-refractivity contribution in [3.8, 4) is 17.3 Å². The minimum absolute atomic E-state index is 0. The highest BCUT2D eigenvalue weighted by molar-refractivity contribution is 5.92. The Labute approximate surface area is 352 Å². The minimum atomic E-state index is -0.730. The lowest BCUT2D eigenvalue weighted by Crippen LogP contribution is -2.47. The number of benzene rings is 1. The normalized spacial score (nSPS) is 38.6. The molecule has 6 heteroatoms. The van der Waals surface area contributed by atoms with Crippen LogP contribution >= 0.6 is 0 Å². The number of aliphatic hydroxyl groups is 1. The van der Waals surface area contributed by atoms with Crippen molar-refractivity contribution in [1.29, 1.82) is 0 Å². The smallest absolute Gasteiger partial charge is 0.220 e. The molecule has 1 saturated carbocycles. The van der Waals surface area contributed by atoms with Gasteiger partial charge in [-0.3, -0.25) is 4.98 Å². The zero-order valence-electron chi connectivity index (χ0n) is 114. The van der Waals surface area contributed by atoms with Gasteiger partial charge in [-0.15, -0.1) is 0 Å². The van der Waals surface area contributed by atoms with Crippen LogP contribution in [0.1, 0.15) is 192 Å². The highest BCUT2D eigenvalue weighted by Gasteiger charge is 2.49.